The minimum atomic E-state index is -0.0751. The van der Waals surface area contributed by atoms with E-state index >= 15 is 0 Å². The fraction of sp³-hybridized carbons (Fsp3) is 0.909. The van der Waals surface area contributed by atoms with Gasteiger partial charge in [-0.15, -0.1) is 0 Å². The second kappa shape index (κ2) is 4.75. The monoisotopic (exact) mass is 184 g/mol. The zero-order valence-corrected chi connectivity index (χ0v) is 8.71. The molecule has 0 bridgehead atoms. The van der Waals surface area contributed by atoms with Crippen LogP contribution in [0.5, 0.6) is 0 Å². The van der Waals surface area contributed by atoms with Crippen molar-refractivity contribution in [2.24, 2.45) is 11.3 Å². The Labute approximate surface area is 80.7 Å². The first-order chi connectivity index (χ1) is 6.25. The van der Waals surface area contributed by atoms with Gasteiger partial charge in [0.1, 0.15) is 6.29 Å². The van der Waals surface area contributed by atoms with Crippen LogP contribution in [-0.2, 0) is 9.53 Å². The Kier molecular flexibility index (Phi) is 3.91. The Hall–Kier alpha value is -0.370. The molecule has 0 aromatic carbocycles. The third kappa shape index (κ3) is 2.31. The van der Waals surface area contributed by atoms with Crippen LogP contribution in [0, 0.1) is 11.3 Å². The first-order valence-corrected chi connectivity index (χ1v) is 5.29. The fourth-order valence-electron chi connectivity index (χ4n) is 2.20. The highest BCUT2D eigenvalue weighted by molar-refractivity contribution is 5.60. The van der Waals surface area contributed by atoms with Gasteiger partial charge in [-0.2, -0.15) is 0 Å². The summed E-state index contributed by atoms with van der Waals surface area (Å²) in [5, 5.41) is 0. The van der Waals surface area contributed by atoms with Gasteiger partial charge in [0, 0.05) is 18.6 Å². The van der Waals surface area contributed by atoms with Gasteiger partial charge in [-0.05, 0) is 18.8 Å². The summed E-state index contributed by atoms with van der Waals surface area (Å²) in [6, 6.07) is 0. The molecule has 1 saturated heterocycles. The van der Waals surface area contributed by atoms with Crippen LogP contribution in [0.25, 0.3) is 0 Å². The topological polar surface area (TPSA) is 26.3 Å². The molecule has 1 aliphatic rings. The smallest absolute Gasteiger partial charge is 0.126 e. The zero-order valence-electron chi connectivity index (χ0n) is 8.71. The van der Waals surface area contributed by atoms with E-state index < -0.39 is 0 Å². The highest BCUT2D eigenvalue weighted by atomic mass is 16.5. The van der Waals surface area contributed by atoms with Crippen LogP contribution >= 0.6 is 0 Å². The molecular weight excluding hydrogens is 164 g/mol. The van der Waals surface area contributed by atoms with Crippen LogP contribution in [0.15, 0.2) is 0 Å². The maximum atomic E-state index is 11.1. The lowest BCUT2D eigenvalue weighted by Gasteiger charge is -2.37. The van der Waals surface area contributed by atoms with Crippen LogP contribution in [-0.4, -0.2) is 19.5 Å². The van der Waals surface area contributed by atoms with Crippen molar-refractivity contribution < 1.29 is 9.53 Å². The first kappa shape index (κ1) is 10.7. The summed E-state index contributed by atoms with van der Waals surface area (Å²) in [6.07, 6.45) is 5.32. The predicted molar refractivity (Wildman–Crippen MR) is 52.6 cm³/mol. The van der Waals surface area contributed by atoms with E-state index in [1.54, 1.807) is 0 Å². The molecule has 76 valence electrons. The van der Waals surface area contributed by atoms with Gasteiger partial charge < -0.3 is 9.53 Å². The molecule has 0 amide bonds. The van der Waals surface area contributed by atoms with Gasteiger partial charge in [0.2, 0.25) is 0 Å². The van der Waals surface area contributed by atoms with Gasteiger partial charge in [0.15, 0.2) is 0 Å². The minimum Gasteiger partial charge on any atom is -0.381 e. The average molecular weight is 184 g/mol. The molecule has 0 N–H and O–H groups in total. The van der Waals surface area contributed by atoms with E-state index in [-0.39, 0.29) is 5.41 Å². The van der Waals surface area contributed by atoms with Crippen LogP contribution in [0.4, 0.5) is 0 Å². The lowest BCUT2D eigenvalue weighted by Crippen LogP contribution is -2.36. The Morgan fingerprint density at radius 3 is 2.54 bits per heavy atom. The summed E-state index contributed by atoms with van der Waals surface area (Å²) in [4.78, 5) is 11.1. The number of carbonyl (C=O) groups is 1. The van der Waals surface area contributed by atoms with Crippen molar-refractivity contribution in [2.75, 3.05) is 13.2 Å². The molecule has 1 atom stereocenters. The highest BCUT2D eigenvalue weighted by Gasteiger charge is 2.36. The number of hydrogen-bond donors (Lipinski definition) is 0. The molecular formula is C11H20O2. The van der Waals surface area contributed by atoms with Crippen LogP contribution in [0.1, 0.15) is 39.5 Å². The maximum Gasteiger partial charge on any atom is 0.126 e. The SMILES string of the molecule is CCCC(C)C1(C=O)CCOCC1. The van der Waals surface area contributed by atoms with Crippen LogP contribution < -0.4 is 0 Å². The maximum absolute atomic E-state index is 11.1. The van der Waals surface area contributed by atoms with Crippen molar-refractivity contribution in [3.05, 3.63) is 0 Å². The molecule has 2 heteroatoms. The van der Waals surface area contributed by atoms with Crippen LogP contribution in [0.3, 0.4) is 0 Å². The number of ether oxygens (including phenoxy) is 1. The predicted octanol–water partition coefficient (Wildman–Crippen LogP) is 2.42. The Morgan fingerprint density at radius 2 is 2.08 bits per heavy atom. The third-order valence-electron chi connectivity index (χ3n) is 3.36. The Balaban J connectivity index is 2.60. The average Bonchev–Trinajstić information content (AvgIpc) is 2.19. The molecule has 1 heterocycles. The Bertz CT molecular complexity index is 159. The largest absolute Gasteiger partial charge is 0.381 e. The standard InChI is InChI=1S/C11H20O2/c1-3-4-10(2)11(9-12)5-7-13-8-6-11/h9-10H,3-8H2,1-2H3. The van der Waals surface area contributed by atoms with E-state index in [1.165, 1.54) is 6.29 Å². The normalized spacial score (nSPS) is 23.8. The van der Waals surface area contributed by atoms with Gasteiger partial charge in [-0.1, -0.05) is 26.7 Å². The molecule has 2 nitrogen and oxygen atoms in total. The minimum absolute atomic E-state index is 0.0751. The molecule has 13 heavy (non-hydrogen) atoms. The number of carbonyl (C=O) groups excluding carboxylic acids is 1. The molecule has 1 unspecified atom stereocenters. The summed E-state index contributed by atoms with van der Waals surface area (Å²) in [7, 11) is 0. The van der Waals surface area contributed by atoms with E-state index in [0.29, 0.717) is 5.92 Å². The summed E-state index contributed by atoms with van der Waals surface area (Å²) in [5.41, 5.74) is -0.0751. The molecule has 1 aliphatic heterocycles. The lowest BCUT2D eigenvalue weighted by atomic mass is 9.70. The number of aldehydes is 1. The van der Waals surface area contributed by atoms with Crippen molar-refractivity contribution in [3.8, 4) is 0 Å². The summed E-state index contributed by atoms with van der Waals surface area (Å²) in [5.74, 6) is 0.513. The summed E-state index contributed by atoms with van der Waals surface area (Å²) >= 11 is 0. The quantitative estimate of drug-likeness (QED) is 0.627. The molecule has 1 rings (SSSR count). The van der Waals surface area contributed by atoms with Crippen molar-refractivity contribution in [1.82, 2.24) is 0 Å². The van der Waals surface area contributed by atoms with E-state index in [4.69, 9.17) is 4.74 Å². The van der Waals surface area contributed by atoms with E-state index in [2.05, 4.69) is 13.8 Å². The molecule has 0 radical (unpaired) electrons. The van der Waals surface area contributed by atoms with E-state index in [9.17, 15) is 4.79 Å². The molecule has 0 spiro atoms. The molecule has 1 fully saturated rings. The lowest BCUT2D eigenvalue weighted by molar-refractivity contribution is -0.125. The van der Waals surface area contributed by atoms with E-state index in [1.807, 2.05) is 0 Å². The van der Waals surface area contributed by atoms with Crippen molar-refractivity contribution in [1.29, 1.82) is 0 Å². The first-order valence-electron chi connectivity index (χ1n) is 5.29. The third-order valence-corrected chi connectivity index (χ3v) is 3.36. The summed E-state index contributed by atoms with van der Waals surface area (Å²) < 4.78 is 5.30. The molecule has 0 aliphatic carbocycles. The second-order valence-electron chi connectivity index (χ2n) is 4.15. The van der Waals surface area contributed by atoms with E-state index in [0.717, 1.165) is 38.9 Å². The Morgan fingerprint density at radius 1 is 1.46 bits per heavy atom. The van der Waals surface area contributed by atoms with Crippen LogP contribution in [0.2, 0.25) is 0 Å². The van der Waals surface area contributed by atoms with Crippen molar-refractivity contribution >= 4 is 6.29 Å². The zero-order chi connectivity index (χ0) is 9.73. The molecule has 0 aromatic rings. The van der Waals surface area contributed by atoms with Gasteiger partial charge in [0.25, 0.3) is 0 Å². The number of hydrogen-bond acceptors (Lipinski definition) is 2. The van der Waals surface area contributed by atoms with Gasteiger partial charge in [-0.25, -0.2) is 0 Å². The number of rotatable bonds is 4. The van der Waals surface area contributed by atoms with Crippen molar-refractivity contribution in [3.63, 3.8) is 0 Å². The van der Waals surface area contributed by atoms with Gasteiger partial charge in [0.05, 0.1) is 0 Å². The van der Waals surface area contributed by atoms with Crippen molar-refractivity contribution in [2.45, 2.75) is 39.5 Å². The molecule has 0 saturated carbocycles. The summed E-state index contributed by atoms with van der Waals surface area (Å²) in [6.45, 7) is 5.89. The van der Waals surface area contributed by atoms with Gasteiger partial charge >= 0.3 is 0 Å². The molecule has 0 aromatic heterocycles. The highest BCUT2D eigenvalue weighted by Crippen LogP contribution is 2.38. The second-order valence-corrected chi connectivity index (χ2v) is 4.15. The fourth-order valence-corrected chi connectivity index (χ4v) is 2.20. The van der Waals surface area contributed by atoms with Gasteiger partial charge in [-0.3, -0.25) is 0 Å².